The summed E-state index contributed by atoms with van der Waals surface area (Å²) in [5.74, 6) is 0.676. The van der Waals surface area contributed by atoms with E-state index >= 15 is 0 Å². The van der Waals surface area contributed by atoms with Gasteiger partial charge in [0.1, 0.15) is 0 Å². The van der Waals surface area contributed by atoms with Gasteiger partial charge in [-0.2, -0.15) is 0 Å². The van der Waals surface area contributed by atoms with Crippen molar-refractivity contribution in [3.63, 3.8) is 0 Å². The Morgan fingerprint density at radius 3 is 2.55 bits per heavy atom. The summed E-state index contributed by atoms with van der Waals surface area (Å²) in [6.07, 6.45) is 4.93. The maximum atomic E-state index is 6.41. The molecular formula is C26H34ClN3S. The second kappa shape index (κ2) is 11.1. The first-order valence-corrected chi connectivity index (χ1v) is 12.5. The average Bonchev–Trinajstić information content (AvgIpc) is 3.07. The van der Waals surface area contributed by atoms with Gasteiger partial charge < -0.3 is 9.88 Å². The summed E-state index contributed by atoms with van der Waals surface area (Å²) in [6.45, 7) is 14.1. The van der Waals surface area contributed by atoms with Gasteiger partial charge in [0.2, 0.25) is 0 Å². The van der Waals surface area contributed by atoms with Crippen molar-refractivity contribution in [1.82, 2.24) is 9.55 Å². The number of anilines is 1. The molecule has 1 heterocycles. The quantitative estimate of drug-likeness (QED) is 0.295. The number of aromatic nitrogens is 2. The van der Waals surface area contributed by atoms with Crippen molar-refractivity contribution in [2.45, 2.75) is 70.3 Å². The third-order valence-electron chi connectivity index (χ3n) is 5.65. The van der Waals surface area contributed by atoms with E-state index in [1.807, 2.05) is 19.1 Å². The summed E-state index contributed by atoms with van der Waals surface area (Å²) in [7, 11) is 0. The van der Waals surface area contributed by atoms with Crippen molar-refractivity contribution in [2.75, 3.05) is 5.32 Å². The fourth-order valence-corrected chi connectivity index (χ4v) is 5.20. The molecule has 1 aromatic heterocycles. The summed E-state index contributed by atoms with van der Waals surface area (Å²) < 4.78 is 2.42. The first-order valence-electron chi connectivity index (χ1n) is 11.3. The minimum absolute atomic E-state index is 0.142. The first-order chi connectivity index (χ1) is 14.9. The van der Waals surface area contributed by atoms with Crippen LogP contribution in [0.25, 0.3) is 11.0 Å². The van der Waals surface area contributed by atoms with Crippen LogP contribution >= 0.6 is 23.4 Å². The van der Waals surface area contributed by atoms with Gasteiger partial charge in [-0.25, -0.2) is 4.98 Å². The summed E-state index contributed by atoms with van der Waals surface area (Å²) >= 11 is 8.16. The second-order valence-electron chi connectivity index (χ2n) is 8.33. The van der Waals surface area contributed by atoms with Crippen molar-refractivity contribution in [3.05, 3.63) is 65.3 Å². The van der Waals surface area contributed by atoms with E-state index in [4.69, 9.17) is 16.6 Å². The van der Waals surface area contributed by atoms with Crippen LogP contribution in [0.1, 0.15) is 52.0 Å². The highest BCUT2D eigenvalue weighted by atomic mass is 35.5. The van der Waals surface area contributed by atoms with Gasteiger partial charge in [0, 0.05) is 17.5 Å². The Morgan fingerprint density at radius 2 is 1.87 bits per heavy atom. The summed E-state index contributed by atoms with van der Waals surface area (Å²) in [5.41, 5.74) is 5.24. The Morgan fingerprint density at radius 1 is 1.16 bits per heavy atom. The highest BCUT2D eigenvalue weighted by molar-refractivity contribution is 8.00. The summed E-state index contributed by atoms with van der Waals surface area (Å²) in [6, 6.07) is 14.5. The topological polar surface area (TPSA) is 29.9 Å². The van der Waals surface area contributed by atoms with E-state index in [-0.39, 0.29) is 5.25 Å². The van der Waals surface area contributed by atoms with Crippen LogP contribution in [0.15, 0.2) is 59.9 Å². The zero-order chi connectivity index (χ0) is 22.4. The molecule has 5 heteroatoms. The molecule has 0 spiro atoms. The summed E-state index contributed by atoms with van der Waals surface area (Å²) in [5, 5.41) is 5.32. The number of para-hydroxylation sites is 2. The molecule has 1 atom stereocenters. The predicted octanol–water partition coefficient (Wildman–Crippen LogP) is 8.32. The maximum Gasteiger partial charge on any atom is 0.169 e. The highest BCUT2D eigenvalue weighted by Crippen LogP contribution is 2.33. The Balaban J connectivity index is 1.81. The predicted molar refractivity (Wildman–Crippen MR) is 137 cm³/mol. The number of hydrogen-bond donors (Lipinski definition) is 1. The van der Waals surface area contributed by atoms with Crippen LogP contribution in [0.2, 0.25) is 5.02 Å². The second-order valence-corrected chi connectivity index (χ2v) is 10.0. The Hall–Kier alpha value is -1.91. The van der Waals surface area contributed by atoms with E-state index in [0.717, 1.165) is 34.2 Å². The number of aryl methyl sites for hydroxylation is 1. The lowest BCUT2D eigenvalue weighted by atomic mass is 9.98. The van der Waals surface area contributed by atoms with E-state index < -0.39 is 0 Å². The molecule has 166 valence electrons. The molecule has 0 radical (unpaired) electrons. The molecule has 3 rings (SSSR count). The number of halogens is 1. The molecule has 1 unspecified atom stereocenters. The molecule has 0 aliphatic carbocycles. The first kappa shape index (κ1) is 23.7. The number of thioether (sulfide) groups is 1. The van der Waals surface area contributed by atoms with Crippen LogP contribution in [-0.2, 0) is 6.54 Å². The zero-order valence-corrected chi connectivity index (χ0v) is 20.7. The fraction of sp³-hybridized carbons (Fsp3) is 0.423. The Bertz CT molecular complexity index is 1020. The van der Waals surface area contributed by atoms with Crippen molar-refractivity contribution in [3.8, 4) is 0 Å². The van der Waals surface area contributed by atoms with Gasteiger partial charge in [-0.1, -0.05) is 74.8 Å². The van der Waals surface area contributed by atoms with Gasteiger partial charge in [-0.15, -0.1) is 0 Å². The fourth-order valence-electron chi connectivity index (χ4n) is 3.95. The average molecular weight is 456 g/mol. The summed E-state index contributed by atoms with van der Waals surface area (Å²) in [4.78, 5) is 4.98. The van der Waals surface area contributed by atoms with Crippen molar-refractivity contribution < 1.29 is 0 Å². The van der Waals surface area contributed by atoms with Crippen LogP contribution in [-0.4, -0.2) is 14.8 Å². The lowest BCUT2D eigenvalue weighted by molar-refractivity contribution is 0.374. The van der Waals surface area contributed by atoms with Crippen LogP contribution in [0, 0.1) is 12.8 Å². The molecule has 0 aliphatic rings. The van der Waals surface area contributed by atoms with Crippen LogP contribution in [0.4, 0.5) is 5.69 Å². The number of nitrogens with one attached hydrogen (secondary N) is 1. The minimum Gasteiger partial charge on any atom is -0.357 e. The van der Waals surface area contributed by atoms with Gasteiger partial charge in [0.05, 0.1) is 21.7 Å². The van der Waals surface area contributed by atoms with E-state index in [2.05, 4.69) is 67.6 Å². The third kappa shape index (κ3) is 6.08. The van der Waals surface area contributed by atoms with Crippen molar-refractivity contribution in [1.29, 1.82) is 0 Å². The molecule has 0 saturated heterocycles. The number of nitrogens with zero attached hydrogens (tertiary/aromatic N) is 2. The molecule has 2 aromatic carbocycles. The molecule has 3 nitrogen and oxygen atoms in total. The number of imidazole rings is 1. The van der Waals surface area contributed by atoms with Gasteiger partial charge in [-0.05, 0) is 62.4 Å². The van der Waals surface area contributed by atoms with Gasteiger partial charge >= 0.3 is 0 Å². The molecule has 0 amide bonds. The van der Waals surface area contributed by atoms with Crippen LogP contribution in [0.5, 0.6) is 0 Å². The Labute approximate surface area is 196 Å². The van der Waals surface area contributed by atoms with Gasteiger partial charge in [0.15, 0.2) is 5.16 Å². The van der Waals surface area contributed by atoms with Crippen LogP contribution < -0.4 is 5.32 Å². The number of hydrogen-bond acceptors (Lipinski definition) is 3. The van der Waals surface area contributed by atoms with Gasteiger partial charge in [-0.3, -0.25) is 0 Å². The standard InChI is InChI=1S/C26H34ClN3S/c1-6-10-21(11-7-2)17-30-25-13-9-8-12-24(25)29-26(30)31-20(5)19(4)28-23-15-14-18(3)16-22(23)27/h8-9,12-16,20-21,28H,4,6-7,10-11,17H2,1-3,5H3. The van der Waals surface area contributed by atoms with Crippen molar-refractivity contribution >= 4 is 40.1 Å². The molecule has 0 aliphatic heterocycles. The lowest BCUT2D eigenvalue weighted by Crippen LogP contribution is -2.14. The van der Waals surface area contributed by atoms with E-state index in [9.17, 15) is 0 Å². The van der Waals surface area contributed by atoms with Crippen molar-refractivity contribution in [2.24, 2.45) is 5.92 Å². The molecule has 31 heavy (non-hydrogen) atoms. The zero-order valence-electron chi connectivity index (χ0n) is 19.1. The molecular weight excluding hydrogens is 422 g/mol. The number of benzene rings is 2. The SMILES string of the molecule is C=C(Nc1ccc(C)cc1Cl)C(C)Sc1nc2ccccc2n1CC(CCC)CCC. The van der Waals surface area contributed by atoms with E-state index in [0.29, 0.717) is 10.9 Å². The normalized spacial score (nSPS) is 12.5. The molecule has 0 fully saturated rings. The number of fused-ring (bicyclic) bond motifs is 1. The van der Waals surface area contributed by atoms with Crippen LogP contribution in [0.3, 0.4) is 0 Å². The van der Waals surface area contributed by atoms with E-state index in [1.165, 1.54) is 31.2 Å². The third-order valence-corrected chi connectivity index (χ3v) is 7.12. The number of rotatable bonds is 11. The largest absolute Gasteiger partial charge is 0.357 e. The molecule has 3 aromatic rings. The smallest absolute Gasteiger partial charge is 0.169 e. The van der Waals surface area contributed by atoms with Gasteiger partial charge in [0.25, 0.3) is 0 Å². The monoisotopic (exact) mass is 455 g/mol. The maximum absolute atomic E-state index is 6.41. The highest BCUT2D eigenvalue weighted by Gasteiger charge is 2.19. The lowest BCUT2D eigenvalue weighted by Gasteiger charge is -2.21. The minimum atomic E-state index is 0.142. The molecule has 1 N–H and O–H groups in total. The molecule has 0 bridgehead atoms. The Kier molecular flexibility index (Phi) is 8.50. The van der Waals surface area contributed by atoms with E-state index in [1.54, 1.807) is 11.8 Å². The molecule has 0 saturated carbocycles.